The van der Waals surface area contributed by atoms with Gasteiger partial charge in [-0.2, -0.15) is 0 Å². The highest BCUT2D eigenvalue weighted by Gasteiger charge is 2.17. The Labute approximate surface area is 98.9 Å². The molecule has 0 fully saturated rings. The first-order valence-corrected chi connectivity index (χ1v) is 5.12. The summed E-state index contributed by atoms with van der Waals surface area (Å²) in [7, 11) is 2.84. The van der Waals surface area contributed by atoms with Gasteiger partial charge < -0.3 is 15.2 Å². The van der Waals surface area contributed by atoms with Crippen molar-refractivity contribution in [2.24, 2.45) is 0 Å². The molecule has 0 saturated heterocycles. The molecule has 0 aliphatic rings. The van der Waals surface area contributed by atoms with Crippen molar-refractivity contribution in [2.75, 3.05) is 20.0 Å². The zero-order chi connectivity index (χ0) is 12.4. The molecule has 0 radical (unpaired) electrons. The van der Waals surface area contributed by atoms with E-state index >= 15 is 0 Å². The molecule has 0 unspecified atom stereocenters. The van der Waals surface area contributed by atoms with Crippen LogP contribution in [0.5, 0.6) is 5.75 Å². The van der Waals surface area contributed by atoms with Crippen LogP contribution in [0.3, 0.4) is 0 Å². The van der Waals surface area contributed by atoms with Gasteiger partial charge in [0, 0.05) is 16.5 Å². The number of nitrogen functional groups attached to an aromatic ring is 1. The van der Waals surface area contributed by atoms with Crippen molar-refractivity contribution in [2.45, 2.75) is 0 Å². The van der Waals surface area contributed by atoms with Crippen molar-refractivity contribution in [3.8, 4) is 5.75 Å². The first kappa shape index (κ1) is 11.3. The van der Waals surface area contributed by atoms with Crippen LogP contribution in [0.25, 0.3) is 10.8 Å². The van der Waals surface area contributed by atoms with Gasteiger partial charge in [-0.25, -0.2) is 4.79 Å². The molecule has 0 aromatic heterocycles. The van der Waals surface area contributed by atoms with Gasteiger partial charge in [0.2, 0.25) is 0 Å². The third-order valence-corrected chi connectivity index (χ3v) is 2.64. The maximum Gasteiger partial charge on any atom is 0.341 e. The highest BCUT2D eigenvalue weighted by Crippen LogP contribution is 2.34. The van der Waals surface area contributed by atoms with Crippen molar-refractivity contribution in [1.29, 1.82) is 0 Å². The van der Waals surface area contributed by atoms with Gasteiger partial charge in [0.25, 0.3) is 0 Å². The molecule has 0 amide bonds. The molecule has 4 heteroatoms. The van der Waals surface area contributed by atoms with Crippen LogP contribution in [0, 0.1) is 0 Å². The number of benzene rings is 2. The van der Waals surface area contributed by atoms with Gasteiger partial charge >= 0.3 is 5.97 Å². The van der Waals surface area contributed by atoms with E-state index in [1.807, 2.05) is 24.3 Å². The van der Waals surface area contributed by atoms with Gasteiger partial charge in [-0.3, -0.25) is 0 Å². The van der Waals surface area contributed by atoms with Crippen molar-refractivity contribution >= 4 is 22.4 Å². The van der Waals surface area contributed by atoms with E-state index in [9.17, 15) is 4.79 Å². The largest absolute Gasteiger partial charge is 0.495 e. The summed E-state index contributed by atoms with van der Waals surface area (Å²) in [5.41, 5.74) is 6.78. The molecule has 0 bridgehead atoms. The minimum atomic E-state index is -0.459. The molecule has 0 aliphatic carbocycles. The summed E-state index contributed by atoms with van der Waals surface area (Å²) in [6, 6.07) is 9.07. The normalized spacial score (nSPS) is 10.2. The summed E-state index contributed by atoms with van der Waals surface area (Å²) in [6.45, 7) is 0. The molecule has 0 heterocycles. The molecule has 2 aromatic carbocycles. The zero-order valence-corrected chi connectivity index (χ0v) is 9.69. The number of rotatable bonds is 2. The highest BCUT2D eigenvalue weighted by atomic mass is 16.5. The molecule has 0 spiro atoms. The lowest BCUT2D eigenvalue weighted by atomic mass is 10.0. The summed E-state index contributed by atoms with van der Waals surface area (Å²) in [6.07, 6.45) is 0. The van der Waals surface area contributed by atoms with Crippen molar-refractivity contribution in [1.82, 2.24) is 0 Å². The van der Waals surface area contributed by atoms with Gasteiger partial charge in [0.1, 0.15) is 11.3 Å². The van der Waals surface area contributed by atoms with E-state index in [2.05, 4.69) is 0 Å². The molecule has 0 aliphatic heterocycles. The van der Waals surface area contributed by atoms with Crippen molar-refractivity contribution < 1.29 is 14.3 Å². The molecule has 2 aromatic rings. The topological polar surface area (TPSA) is 61.5 Å². The van der Waals surface area contributed by atoms with Crippen LogP contribution in [0.15, 0.2) is 30.3 Å². The van der Waals surface area contributed by atoms with E-state index in [1.54, 1.807) is 6.07 Å². The Balaban J connectivity index is 2.82. The zero-order valence-electron chi connectivity index (χ0n) is 9.69. The highest BCUT2D eigenvalue weighted by molar-refractivity contribution is 6.06. The third kappa shape index (κ3) is 1.78. The SMILES string of the molecule is COC(=O)c1cc(N)c2ccccc2c1OC. The van der Waals surface area contributed by atoms with Crippen LogP contribution in [0.4, 0.5) is 5.69 Å². The standard InChI is InChI=1S/C13H13NO3/c1-16-12-9-6-4-3-5-8(9)11(14)7-10(12)13(15)17-2/h3-7H,14H2,1-2H3. The number of fused-ring (bicyclic) bond motifs is 1. The van der Waals surface area contributed by atoms with Crippen molar-refractivity contribution in [3.05, 3.63) is 35.9 Å². The fraction of sp³-hybridized carbons (Fsp3) is 0.154. The van der Waals surface area contributed by atoms with Crippen LogP contribution in [-0.2, 0) is 4.74 Å². The third-order valence-electron chi connectivity index (χ3n) is 2.64. The number of hydrogen-bond donors (Lipinski definition) is 1. The van der Waals surface area contributed by atoms with Crippen LogP contribution in [0.2, 0.25) is 0 Å². The Morgan fingerprint density at radius 3 is 2.41 bits per heavy atom. The number of esters is 1. The number of nitrogens with two attached hydrogens (primary N) is 1. The van der Waals surface area contributed by atoms with E-state index in [0.29, 0.717) is 17.0 Å². The predicted octanol–water partition coefficient (Wildman–Crippen LogP) is 2.22. The molecule has 2 N–H and O–H groups in total. The van der Waals surface area contributed by atoms with Crippen LogP contribution in [0.1, 0.15) is 10.4 Å². The second kappa shape index (κ2) is 4.33. The summed E-state index contributed by atoms with van der Waals surface area (Å²) in [5, 5.41) is 1.66. The number of carbonyl (C=O) groups is 1. The van der Waals surface area contributed by atoms with Gasteiger partial charge in [0.05, 0.1) is 14.2 Å². The van der Waals surface area contributed by atoms with E-state index in [0.717, 1.165) is 10.8 Å². The second-order valence-corrected chi connectivity index (χ2v) is 3.58. The summed E-state index contributed by atoms with van der Waals surface area (Å²) in [4.78, 5) is 11.6. The quantitative estimate of drug-likeness (QED) is 0.636. The molecule has 17 heavy (non-hydrogen) atoms. The lowest BCUT2D eigenvalue weighted by molar-refractivity contribution is 0.0597. The summed E-state index contributed by atoms with van der Waals surface area (Å²) in [5.74, 6) is 0.0287. The molecule has 0 atom stereocenters. The van der Waals surface area contributed by atoms with Crippen molar-refractivity contribution in [3.63, 3.8) is 0 Å². The summed E-state index contributed by atoms with van der Waals surface area (Å²) < 4.78 is 9.99. The summed E-state index contributed by atoms with van der Waals surface area (Å²) >= 11 is 0. The number of hydrogen-bond acceptors (Lipinski definition) is 4. The number of methoxy groups -OCH3 is 2. The Morgan fingerprint density at radius 2 is 1.82 bits per heavy atom. The van der Waals surface area contributed by atoms with E-state index in [1.165, 1.54) is 14.2 Å². The first-order chi connectivity index (χ1) is 8.19. The molecule has 4 nitrogen and oxygen atoms in total. The second-order valence-electron chi connectivity index (χ2n) is 3.58. The Morgan fingerprint density at radius 1 is 1.18 bits per heavy atom. The Hall–Kier alpha value is -2.23. The van der Waals surface area contributed by atoms with Crippen LogP contribution >= 0.6 is 0 Å². The minimum absolute atomic E-state index is 0.339. The smallest absolute Gasteiger partial charge is 0.341 e. The number of carbonyl (C=O) groups excluding carboxylic acids is 1. The van der Waals surface area contributed by atoms with Gasteiger partial charge in [-0.1, -0.05) is 24.3 Å². The molecule has 0 saturated carbocycles. The van der Waals surface area contributed by atoms with Gasteiger partial charge in [-0.05, 0) is 6.07 Å². The average molecular weight is 231 g/mol. The Kier molecular flexibility index (Phi) is 2.87. The van der Waals surface area contributed by atoms with Crippen LogP contribution in [-0.4, -0.2) is 20.2 Å². The first-order valence-electron chi connectivity index (χ1n) is 5.12. The van der Waals surface area contributed by atoms with Gasteiger partial charge in [0.15, 0.2) is 0 Å². The molecule has 2 rings (SSSR count). The lowest BCUT2D eigenvalue weighted by Crippen LogP contribution is -2.06. The lowest BCUT2D eigenvalue weighted by Gasteiger charge is -2.12. The predicted molar refractivity (Wildman–Crippen MR) is 66.3 cm³/mol. The van der Waals surface area contributed by atoms with E-state index in [4.69, 9.17) is 15.2 Å². The Bertz CT molecular complexity index is 578. The molecular formula is C13H13NO3. The number of ether oxygens (including phenoxy) is 2. The number of anilines is 1. The van der Waals surface area contributed by atoms with Gasteiger partial charge in [-0.15, -0.1) is 0 Å². The van der Waals surface area contributed by atoms with E-state index in [-0.39, 0.29) is 0 Å². The van der Waals surface area contributed by atoms with E-state index < -0.39 is 5.97 Å². The average Bonchev–Trinajstić information content (AvgIpc) is 2.38. The maximum atomic E-state index is 11.6. The molecule has 88 valence electrons. The van der Waals surface area contributed by atoms with Crippen LogP contribution < -0.4 is 10.5 Å². The molecular weight excluding hydrogens is 218 g/mol. The minimum Gasteiger partial charge on any atom is -0.495 e. The monoisotopic (exact) mass is 231 g/mol. The fourth-order valence-electron chi connectivity index (χ4n) is 1.86. The maximum absolute atomic E-state index is 11.6. The fourth-order valence-corrected chi connectivity index (χ4v) is 1.86.